The minimum absolute atomic E-state index is 0.166. The molecule has 0 aliphatic heterocycles. The molecule has 0 aromatic heterocycles. The van der Waals surface area contributed by atoms with Crippen LogP contribution in [0.15, 0.2) is 24.8 Å². The second-order valence-corrected chi connectivity index (χ2v) is 3.83. The molecule has 0 bridgehead atoms. The van der Waals surface area contributed by atoms with Crippen LogP contribution in [0.3, 0.4) is 0 Å². The Morgan fingerprint density at radius 1 is 1.55 bits per heavy atom. The van der Waals surface area contributed by atoms with Crippen LogP contribution >= 0.6 is 0 Å². The third-order valence-electron chi connectivity index (χ3n) is 2.46. The highest BCUT2D eigenvalue weighted by atomic mass is 19.1. The van der Waals surface area contributed by atoms with Crippen LogP contribution in [0.5, 0.6) is 5.75 Å². The van der Waals surface area contributed by atoms with Gasteiger partial charge in [0.1, 0.15) is 5.82 Å². The van der Waals surface area contributed by atoms with E-state index in [0.29, 0.717) is 18.9 Å². The minimum atomic E-state index is -1.03. The Morgan fingerprint density at radius 3 is 2.80 bits per heavy atom. The van der Waals surface area contributed by atoms with Crippen molar-refractivity contribution in [3.8, 4) is 5.75 Å². The second kappa shape index (κ2) is 7.22. The van der Waals surface area contributed by atoms with E-state index in [4.69, 9.17) is 4.74 Å². The van der Waals surface area contributed by atoms with E-state index in [1.54, 1.807) is 6.08 Å². The van der Waals surface area contributed by atoms with Gasteiger partial charge < -0.3 is 9.47 Å². The summed E-state index contributed by atoms with van der Waals surface area (Å²) in [4.78, 5) is 21.4. The van der Waals surface area contributed by atoms with Crippen molar-refractivity contribution in [2.24, 2.45) is 0 Å². The van der Waals surface area contributed by atoms with Gasteiger partial charge in [-0.1, -0.05) is 6.08 Å². The molecule has 0 unspecified atom stereocenters. The normalized spacial score (nSPS) is 9.90. The molecule has 7 heteroatoms. The molecule has 1 aromatic rings. The number of allylic oxidation sites excluding steroid dienone is 1. The number of rotatable bonds is 7. The third kappa shape index (κ3) is 3.78. The van der Waals surface area contributed by atoms with Gasteiger partial charge in [-0.25, -0.2) is 9.18 Å². The number of halogens is 1. The molecule has 0 spiro atoms. The lowest BCUT2D eigenvalue weighted by Gasteiger charge is -2.08. The van der Waals surface area contributed by atoms with Gasteiger partial charge in [-0.05, 0) is 12.8 Å². The molecule has 0 atom stereocenters. The van der Waals surface area contributed by atoms with Gasteiger partial charge in [-0.15, -0.1) is 6.58 Å². The number of esters is 1. The van der Waals surface area contributed by atoms with Gasteiger partial charge in [0.2, 0.25) is 0 Å². The molecule has 0 fully saturated rings. The Hall–Kier alpha value is -2.44. The van der Waals surface area contributed by atoms with Crippen LogP contribution < -0.4 is 4.74 Å². The summed E-state index contributed by atoms with van der Waals surface area (Å²) in [7, 11) is 1.09. The van der Waals surface area contributed by atoms with E-state index < -0.39 is 28.0 Å². The summed E-state index contributed by atoms with van der Waals surface area (Å²) in [6.45, 7) is 3.73. The van der Waals surface area contributed by atoms with Crippen molar-refractivity contribution in [3.63, 3.8) is 0 Å². The minimum Gasteiger partial charge on any atom is -0.487 e. The summed E-state index contributed by atoms with van der Waals surface area (Å²) >= 11 is 0. The van der Waals surface area contributed by atoms with E-state index in [9.17, 15) is 19.3 Å². The van der Waals surface area contributed by atoms with Crippen LogP contribution in [0.2, 0.25) is 0 Å². The average Bonchev–Trinajstić information content (AvgIpc) is 2.43. The number of nitro benzene ring substituents is 1. The molecular weight excluding hydrogens is 269 g/mol. The molecule has 0 amide bonds. The maximum Gasteiger partial charge on any atom is 0.340 e. The molecule has 0 heterocycles. The van der Waals surface area contributed by atoms with Crippen molar-refractivity contribution in [1.29, 1.82) is 0 Å². The first-order valence-electron chi connectivity index (χ1n) is 5.81. The van der Waals surface area contributed by atoms with Crippen molar-refractivity contribution < 1.29 is 23.6 Å². The number of carbonyl (C=O) groups excluding carboxylic acids is 1. The van der Waals surface area contributed by atoms with Gasteiger partial charge >= 0.3 is 11.7 Å². The first kappa shape index (κ1) is 15.6. The molecule has 0 N–H and O–H groups in total. The lowest BCUT2D eigenvalue weighted by atomic mass is 10.1. The summed E-state index contributed by atoms with van der Waals surface area (Å²) in [6, 6.07) is 1.63. The molecule has 1 aromatic carbocycles. The number of ether oxygens (including phenoxy) is 2. The zero-order valence-electron chi connectivity index (χ0n) is 10.9. The lowest BCUT2D eigenvalue weighted by molar-refractivity contribution is -0.386. The van der Waals surface area contributed by atoms with Crippen LogP contribution in [0.4, 0.5) is 10.1 Å². The van der Waals surface area contributed by atoms with Gasteiger partial charge in [-0.2, -0.15) is 0 Å². The number of unbranched alkanes of at least 4 members (excludes halogenated alkanes) is 1. The van der Waals surface area contributed by atoms with Crippen molar-refractivity contribution >= 4 is 11.7 Å². The maximum absolute atomic E-state index is 13.6. The first-order valence-corrected chi connectivity index (χ1v) is 5.81. The number of nitro groups is 1. The smallest absolute Gasteiger partial charge is 0.340 e. The topological polar surface area (TPSA) is 78.7 Å². The first-order chi connectivity index (χ1) is 9.51. The van der Waals surface area contributed by atoms with E-state index in [-0.39, 0.29) is 12.4 Å². The molecule has 0 saturated carbocycles. The summed E-state index contributed by atoms with van der Waals surface area (Å²) in [5.41, 5.74) is -0.939. The highest BCUT2D eigenvalue weighted by Gasteiger charge is 2.23. The molecular formula is C13H14FNO5. The lowest BCUT2D eigenvalue weighted by Crippen LogP contribution is -2.08. The Balaban J connectivity index is 3.07. The molecule has 0 saturated heterocycles. The number of hydrogen-bond donors (Lipinski definition) is 0. The van der Waals surface area contributed by atoms with Gasteiger partial charge in [-0.3, -0.25) is 10.1 Å². The van der Waals surface area contributed by atoms with Crippen molar-refractivity contribution in [2.45, 2.75) is 12.8 Å². The highest BCUT2D eigenvalue weighted by Crippen LogP contribution is 2.30. The largest absolute Gasteiger partial charge is 0.487 e. The van der Waals surface area contributed by atoms with Crippen LogP contribution in [0.1, 0.15) is 23.2 Å². The predicted octanol–water partition coefficient (Wildman–Crippen LogP) is 2.87. The van der Waals surface area contributed by atoms with E-state index in [1.165, 1.54) is 0 Å². The SMILES string of the molecule is C=CCCCOc1cc(C(=O)OC)c(F)cc1[N+](=O)[O-]. The number of carbonyl (C=O) groups is 1. The highest BCUT2D eigenvalue weighted by molar-refractivity contribution is 5.90. The van der Waals surface area contributed by atoms with Crippen LogP contribution in [0.25, 0.3) is 0 Å². The van der Waals surface area contributed by atoms with Crippen molar-refractivity contribution in [1.82, 2.24) is 0 Å². The van der Waals surface area contributed by atoms with Crippen LogP contribution in [-0.4, -0.2) is 24.6 Å². The van der Waals surface area contributed by atoms with Gasteiger partial charge in [0.05, 0.1) is 30.3 Å². The van der Waals surface area contributed by atoms with Gasteiger partial charge in [0, 0.05) is 6.07 Å². The zero-order chi connectivity index (χ0) is 15.1. The summed E-state index contributed by atoms with van der Waals surface area (Å²) in [5.74, 6) is -2.11. The number of benzene rings is 1. The van der Waals surface area contributed by atoms with Crippen molar-refractivity contribution in [3.05, 3.63) is 46.3 Å². The van der Waals surface area contributed by atoms with Crippen LogP contribution in [0, 0.1) is 15.9 Å². The molecule has 6 nitrogen and oxygen atoms in total. The number of hydrogen-bond acceptors (Lipinski definition) is 5. The number of methoxy groups -OCH3 is 1. The van der Waals surface area contributed by atoms with Gasteiger partial charge in [0.15, 0.2) is 5.75 Å². The zero-order valence-corrected chi connectivity index (χ0v) is 10.9. The fraction of sp³-hybridized carbons (Fsp3) is 0.308. The fourth-order valence-electron chi connectivity index (χ4n) is 1.48. The molecule has 0 aliphatic rings. The Kier molecular flexibility index (Phi) is 5.64. The summed E-state index contributed by atoms with van der Waals surface area (Å²) < 4.78 is 23.2. The molecule has 0 radical (unpaired) electrons. The molecule has 1 rings (SSSR count). The van der Waals surface area contributed by atoms with E-state index >= 15 is 0 Å². The number of nitrogens with zero attached hydrogens (tertiary/aromatic N) is 1. The monoisotopic (exact) mass is 283 g/mol. The maximum atomic E-state index is 13.6. The summed E-state index contributed by atoms with van der Waals surface area (Å²) in [6.07, 6.45) is 2.97. The second-order valence-electron chi connectivity index (χ2n) is 3.83. The Labute approximate surface area is 115 Å². The average molecular weight is 283 g/mol. The molecule has 0 aliphatic carbocycles. The third-order valence-corrected chi connectivity index (χ3v) is 2.46. The van der Waals surface area contributed by atoms with E-state index in [0.717, 1.165) is 13.2 Å². The van der Waals surface area contributed by atoms with Gasteiger partial charge in [0.25, 0.3) is 0 Å². The van der Waals surface area contributed by atoms with Crippen LogP contribution in [-0.2, 0) is 4.74 Å². The Bertz CT molecular complexity index is 530. The quantitative estimate of drug-likeness (QED) is 0.253. The summed E-state index contributed by atoms with van der Waals surface area (Å²) in [5, 5.41) is 10.8. The Morgan fingerprint density at radius 2 is 2.25 bits per heavy atom. The van der Waals surface area contributed by atoms with Crippen molar-refractivity contribution in [2.75, 3.05) is 13.7 Å². The fourth-order valence-corrected chi connectivity index (χ4v) is 1.48. The van der Waals surface area contributed by atoms with E-state index in [1.807, 2.05) is 0 Å². The van der Waals surface area contributed by atoms with E-state index in [2.05, 4.69) is 11.3 Å². The molecule has 108 valence electrons. The molecule has 20 heavy (non-hydrogen) atoms. The predicted molar refractivity (Wildman–Crippen MR) is 69.3 cm³/mol. The standard InChI is InChI=1S/C13H14FNO5/c1-3-4-5-6-20-12-7-9(13(16)19-2)10(14)8-11(12)15(17)18/h3,7-8H,1,4-6H2,2H3.